The molecule has 1 fully saturated rings. The summed E-state index contributed by atoms with van der Waals surface area (Å²) in [5.41, 5.74) is 3.54. The third kappa shape index (κ3) is 4.95. The summed E-state index contributed by atoms with van der Waals surface area (Å²) >= 11 is 1.37. The van der Waals surface area contributed by atoms with Crippen LogP contribution in [0.5, 0.6) is 0 Å². The van der Waals surface area contributed by atoms with Crippen LogP contribution in [-0.4, -0.2) is 43.8 Å². The molecule has 2 aromatic carbocycles. The van der Waals surface area contributed by atoms with Crippen molar-refractivity contribution in [2.24, 2.45) is 0 Å². The fourth-order valence-electron chi connectivity index (χ4n) is 4.23. The zero-order valence-corrected chi connectivity index (χ0v) is 20.1. The highest BCUT2D eigenvalue weighted by molar-refractivity contribution is 7.99. The third-order valence-corrected chi connectivity index (χ3v) is 6.97. The second-order valence-electron chi connectivity index (χ2n) is 8.21. The van der Waals surface area contributed by atoms with E-state index in [1.807, 2.05) is 78.8 Å². The Morgan fingerprint density at radius 3 is 2.52 bits per heavy atom. The number of aryl methyl sites for hydroxylation is 2. The molecule has 1 aliphatic heterocycles. The Hall–Kier alpha value is -3.13. The minimum Gasteiger partial charge on any atom is -0.328 e. The van der Waals surface area contributed by atoms with Gasteiger partial charge in [-0.3, -0.25) is 9.59 Å². The van der Waals surface area contributed by atoms with Gasteiger partial charge in [-0.05, 0) is 56.9 Å². The Bertz CT molecular complexity index is 1160. The van der Waals surface area contributed by atoms with Crippen LogP contribution < -0.4 is 5.32 Å². The molecule has 8 heteroatoms. The van der Waals surface area contributed by atoms with Gasteiger partial charge in [-0.1, -0.05) is 48.2 Å². The molecule has 1 N–H and O–H groups in total. The van der Waals surface area contributed by atoms with E-state index in [0.29, 0.717) is 18.2 Å². The van der Waals surface area contributed by atoms with Crippen LogP contribution in [0.15, 0.2) is 53.7 Å². The highest BCUT2D eigenvalue weighted by atomic mass is 32.2. The molecule has 1 saturated heterocycles. The van der Waals surface area contributed by atoms with Gasteiger partial charge in [-0.2, -0.15) is 0 Å². The summed E-state index contributed by atoms with van der Waals surface area (Å²) in [7, 11) is 0. The number of nitrogens with zero attached hydrogens (tertiary/aromatic N) is 4. The van der Waals surface area contributed by atoms with Crippen LogP contribution in [0.4, 0.5) is 5.69 Å². The monoisotopic (exact) mass is 463 g/mol. The van der Waals surface area contributed by atoms with E-state index in [1.54, 1.807) is 0 Å². The Morgan fingerprint density at radius 2 is 1.79 bits per heavy atom. The number of para-hydroxylation sites is 1. The molecule has 0 saturated carbocycles. The molecule has 2 amide bonds. The van der Waals surface area contributed by atoms with Gasteiger partial charge in [0.05, 0.1) is 11.8 Å². The van der Waals surface area contributed by atoms with Gasteiger partial charge in [-0.15, -0.1) is 10.2 Å². The zero-order chi connectivity index (χ0) is 23.4. The Morgan fingerprint density at radius 1 is 1.06 bits per heavy atom. The molecule has 1 aromatic heterocycles. The van der Waals surface area contributed by atoms with Crippen LogP contribution >= 0.6 is 11.8 Å². The first-order chi connectivity index (χ1) is 16.0. The van der Waals surface area contributed by atoms with Crippen molar-refractivity contribution in [3.8, 4) is 0 Å². The molecule has 33 heavy (non-hydrogen) atoms. The molecule has 1 unspecified atom stereocenters. The molecule has 2 heterocycles. The fourth-order valence-corrected chi connectivity index (χ4v) is 5.04. The number of aromatic nitrogens is 3. The molecular weight excluding hydrogens is 434 g/mol. The number of thioether (sulfide) groups is 1. The fraction of sp³-hybridized carbons (Fsp3) is 0.360. The quantitative estimate of drug-likeness (QED) is 0.517. The molecule has 172 valence electrons. The van der Waals surface area contributed by atoms with Crippen molar-refractivity contribution in [2.75, 3.05) is 17.6 Å². The SMILES string of the molecule is CCn1c(SCC(=O)Nc2ccccc2C)nnc1C1CCCN1C(=O)c1ccccc1C. The number of hydrogen-bond donors (Lipinski definition) is 1. The molecule has 0 aliphatic carbocycles. The van der Waals surface area contributed by atoms with Crippen molar-refractivity contribution in [3.05, 3.63) is 71.0 Å². The van der Waals surface area contributed by atoms with E-state index in [9.17, 15) is 9.59 Å². The van der Waals surface area contributed by atoms with Gasteiger partial charge in [0.25, 0.3) is 5.91 Å². The van der Waals surface area contributed by atoms with Crippen LogP contribution in [0.25, 0.3) is 0 Å². The lowest BCUT2D eigenvalue weighted by Gasteiger charge is -2.25. The van der Waals surface area contributed by atoms with E-state index >= 15 is 0 Å². The van der Waals surface area contributed by atoms with Crippen LogP contribution in [0, 0.1) is 13.8 Å². The summed E-state index contributed by atoms with van der Waals surface area (Å²) in [4.78, 5) is 27.7. The van der Waals surface area contributed by atoms with E-state index < -0.39 is 0 Å². The van der Waals surface area contributed by atoms with Crippen molar-refractivity contribution in [3.63, 3.8) is 0 Å². The second-order valence-corrected chi connectivity index (χ2v) is 9.15. The van der Waals surface area contributed by atoms with Gasteiger partial charge in [0, 0.05) is 24.3 Å². The van der Waals surface area contributed by atoms with Crippen LogP contribution in [0.2, 0.25) is 0 Å². The summed E-state index contributed by atoms with van der Waals surface area (Å²) in [6, 6.07) is 15.3. The van der Waals surface area contributed by atoms with E-state index in [4.69, 9.17) is 0 Å². The highest BCUT2D eigenvalue weighted by Crippen LogP contribution is 2.34. The number of nitrogens with one attached hydrogen (secondary N) is 1. The molecule has 3 aromatic rings. The minimum absolute atomic E-state index is 0.0352. The molecule has 4 rings (SSSR count). The topological polar surface area (TPSA) is 80.1 Å². The summed E-state index contributed by atoms with van der Waals surface area (Å²) in [6.07, 6.45) is 1.79. The summed E-state index contributed by atoms with van der Waals surface area (Å²) in [5, 5.41) is 12.5. The van der Waals surface area contributed by atoms with Gasteiger partial charge in [0.2, 0.25) is 5.91 Å². The highest BCUT2D eigenvalue weighted by Gasteiger charge is 2.35. The predicted octanol–water partition coefficient (Wildman–Crippen LogP) is 4.62. The van der Waals surface area contributed by atoms with E-state index in [2.05, 4.69) is 15.5 Å². The summed E-state index contributed by atoms with van der Waals surface area (Å²) in [6.45, 7) is 7.34. The number of carbonyl (C=O) groups excluding carboxylic acids is 2. The van der Waals surface area contributed by atoms with Gasteiger partial charge < -0.3 is 14.8 Å². The van der Waals surface area contributed by atoms with Gasteiger partial charge in [0.1, 0.15) is 0 Å². The molecular formula is C25H29N5O2S. The number of carbonyl (C=O) groups is 2. The molecule has 0 spiro atoms. The van der Waals surface area contributed by atoms with Crippen LogP contribution in [0.1, 0.15) is 53.1 Å². The summed E-state index contributed by atoms with van der Waals surface area (Å²) in [5.74, 6) is 0.980. The Balaban J connectivity index is 1.47. The lowest BCUT2D eigenvalue weighted by Crippen LogP contribution is -2.32. The van der Waals surface area contributed by atoms with Crippen molar-refractivity contribution < 1.29 is 9.59 Å². The average Bonchev–Trinajstić information content (AvgIpc) is 3.45. The number of benzene rings is 2. The van der Waals surface area contributed by atoms with E-state index in [1.165, 1.54) is 11.8 Å². The zero-order valence-electron chi connectivity index (χ0n) is 19.2. The van der Waals surface area contributed by atoms with Crippen molar-refractivity contribution in [2.45, 2.75) is 51.4 Å². The molecule has 0 radical (unpaired) electrons. The lowest BCUT2D eigenvalue weighted by molar-refractivity contribution is -0.113. The number of anilines is 1. The Labute approximate surface area is 198 Å². The normalized spacial score (nSPS) is 15.6. The van der Waals surface area contributed by atoms with Crippen molar-refractivity contribution >= 4 is 29.3 Å². The molecule has 7 nitrogen and oxygen atoms in total. The first kappa shape index (κ1) is 23.0. The maximum Gasteiger partial charge on any atom is 0.254 e. The van der Waals surface area contributed by atoms with Gasteiger partial charge in [-0.25, -0.2) is 0 Å². The van der Waals surface area contributed by atoms with Crippen LogP contribution in [-0.2, 0) is 11.3 Å². The van der Waals surface area contributed by atoms with Gasteiger partial charge >= 0.3 is 0 Å². The molecule has 1 atom stereocenters. The maximum absolute atomic E-state index is 13.3. The van der Waals surface area contributed by atoms with Gasteiger partial charge in [0.15, 0.2) is 11.0 Å². The first-order valence-electron chi connectivity index (χ1n) is 11.3. The predicted molar refractivity (Wildman–Crippen MR) is 130 cm³/mol. The smallest absolute Gasteiger partial charge is 0.254 e. The first-order valence-corrected chi connectivity index (χ1v) is 12.3. The number of amides is 2. The standard InChI is InChI=1S/C25H29N5O2S/c1-4-29-23(21-14-9-15-30(21)24(32)19-12-7-5-10-17(19)2)27-28-25(29)33-16-22(31)26-20-13-8-6-11-18(20)3/h5-8,10-13,21H,4,9,14-16H2,1-3H3,(H,26,31). The van der Waals surface area contributed by atoms with Crippen molar-refractivity contribution in [1.29, 1.82) is 0 Å². The van der Waals surface area contributed by atoms with E-state index in [-0.39, 0.29) is 23.6 Å². The minimum atomic E-state index is -0.111. The average molecular weight is 464 g/mol. The molecule has 0 bridgehead atoms. The molecule has 1 aliphatic rings. The number of hydrogen-bond acceptors (Lipinski definition) is 5. The number of likely N-dealkylation sites (tertiary alicyclic amines) is 1. The van der Waals surface area contributed by atoms with E-state index in [0.717, 1.165) is 41.0 Å². The number of rotatable bonds is 7. The van der Waals surface area contributed by atoms with Crippen molar-refractivity contribution in [1.82, 2.24) is 19.7 Å². The second kappa shape index (κ2) is 10.2. The lowest BCUT2D eigenvalue weighted by atomic mass is 10.1. The largest absolute Gasteiger partial charge is 0.328 e. The van der Waals surface area contributed by atoms with Crippen LogP contribution in [0.3, 0.4) is 0 Å². The maximum atomic E-state index is 13.3. The third-order valence-electron chi connectivity index (χ3n) is 6.00. The summed E-state index contributed by atoms with van der Waals surface area (Å²) < 4.78 is 2.03. The Kier molecular flexibility index (Phi) is 7.13.